The van der Waals surface area contributed by atoms with Crippen LogP contribution in [0.15, 0.2) is 16.6 Å². The van der Waals surface area contributed by atoms with Crippen molar-refractivity contribution in [1.29, 1.82) is 0 Å². The molecule has 1 aliphatic heterocycles. The maximum Gasteiger partial charge on any atom is 0.175 e. The molecule has 2 aliphatic rings. The number of benzene rings is 1. The van der Waals surface area contributed by atoms with E-state index >= 15 is 0 Å². The molecule has 1 aliphatic carbocycles. The van der Waals surface area contributed by atoms with Gasteiger partial charge < -0.3 is 15.2 Å². The minimum absolute atomic E-state index is 0.225. The van der Waals surface area contributed by atoms with E-state index in [0.717, 1.165) is 28.4 Å². The lowest BCUT2D eigenvalue weighted by Gasteiger charge is -2.29. The summed E-state index contributed by atoms with van der Waals surface area (Å²) in [6, 6.07) is 4.40. The topological polar surface area (TPSA) is 47.7 Å². The Kier molecular flexibility index (Phi) is 4.19. The fourth-order valence-electron chi connectivity index (χ4n) is 2.73. The molecule has 1 aromatic rings. The van der Waals surface area contributed by atoms with Crippen LogP contribution in [-0.4, -0.2) is 38.3 Å². The highest BCUT2D eigenvalue weighted by molar-refractivity contribution is 9.10. The van der Waals surface area contributed by atoms with Crippen LogP contribution in [-0.2, 0) is 0 Å². The minimum atomic E-state index is 0.225. The van der Waals surface area contributed by atoms with Crippen molar-refractivity contribution in [3.8, 4) is 11.5 Å². The van der Waals surface area contributed by atoms with Crippen molar-refractivity contribution in [3.05, 3.63) is 22.2 Å². The number of hydrogen-bond donors (Lipinski definition) is 1. The summed E-state index contributed by atoms with van der Waals surface area (Å²) in [5.74, 6) is 2.48. The van der Waals surface area contributed by atoms with Crippen LogP contribution in [0.25, 0.3) is 0 Å². The van der Waals surface area contributed by atoms with Gasteiger partial charge in [0.05, 0.1) is 4.47 Å². The SMILES string of the molecule is CN(CC1CC1)C(CN)c1cc(Br)c2c(c1)OCCO2. The Bertz CT molecular complexity index is 491. The molecule has 2 N–H and O–H groups in total. The number of fused-ring (bicyclic) bond motifs is 1. The summed E-state index contributed by atoms with van der Waals surface area (Å²) >= 11 is 3.58. The van der Waals surface area contributed by atoms with E-state index in [2.05, 4.69) is 40.0 Å². The second kappa shape index (κ2) is 5.92. The number of nitrogens with zero attached hydrogens (tertiary/aromatic N) is 1. The molecule has 1 atom stereocenters. The first kappa shape index (κ1) is 14.2. The summed E-state index contributed by atoms with van der Waals surface area (Å²) < 4.78 is 12.3. The van der Waals surface area contributed by atoms with E-state index < -0.39 is 0 Å². The molecule has 3 rings (SSSR count). The van der Waals surface area contributed by atoms with E-state index in [0.29, 0.717) is 19.8 Å². The average molecular weight is 341 g/mol. The maximum atomic E-state index is 6.00. The molecule has 5 heteroatoms. The van der Waals surface area contributed by atoms with Gasteiger partial charge in [0.25, 0.3) is 0 Å². The predicted octanol–water partition coefficient (Wildman–Crippen LogP) is 2.56. The monoisotopic (exact) mass is 340 g/mol. The zero-order chi connectivity index (χ0) is 14.1. The number of hydrogen-bond acceptors (Lipinski definition) is 4. The summed E-state index contributed by atoms with van der Waals surface area (Å²) in [5, 5.41) is 0. The molecule has 0 bridgehead atoms. The van der Waals surface area contributed by atoms with E-state index in [4.69, 9.17) is 15.2 Å². The molecule has 0 aromatic heterocycles. The molecule has 0 radical (unpaired) electrons. The van der Waals surface area contributed by atoms with E-state index in [9.17, 15) is 0 Å². The van der Waals surface area contributed by atoms with Gasteiger partial charge in [0.15, 0.2) is 11.5 Å². The van der Waals surface area contributed by atoms with Gasteiger partial charge in [0, 0.05) is 19.1 Å². The second-order valence-electron chi connectivity index (χ2n) is 5.66. The smallest absolute Gasteiger partial charge is 0.175 e. The molecule has 1 aromatic carbocycles. The van der Waals surface area contributed by atoms with Crippen LogP contribution in [0.1, 0.15) is 24.4 Å². The zero-order valence-electron chi connectivity index (χ0n) is 11.8. The molecule has 110 valence electrons. The Morgan fingerprint density at radius 3 is 2.80 bits per heavy atom. The number of halogens is 1. The van der Waals surface area contributed by atoms with E-state index in [1.165, 1.54) is 18.4 Å². The highest BCUT2D eigenvalue weighted by Gasteiger charge is 2.27. The summed E-state index contributed by atoms with van der Waals surface area (Å²) in [5.41, 5.74) is 7.19. The number of nitrogens with two attached hydrogens (primary N) is 1. The first-order chi connectivity index (χ1) is 9.69. The van der Waals surface area contributed by atoms with Gasteiger partial charge in [-0.05, 0) is 59.4 Å². The molecule has 0 saturated heterocycles. The Hall–Kier alpha value is -0.780. The Morgan fingerprint density at radius 1 is 1.35 bits per heavy atom. The molecule has 1 heterocycles. The van der Waals surface area contributed by atoms with Crippen LogP contribution in [0.4, 0.5) is 0 Å². The lowest BCUT2D eigenvalue weighted by Crippen LogP contribution is -2.32. The molecule has 20 heavy (non-hydrogen) atoms. The van der Waals surface area contributed by atoms with Gasteiger partial charge in [0.1, 0.15) is 13.2 Å². The fourth-order valence-corrected chi connectivity index (χ4v) is 3.30. The highest BCUT2D eigenvalue weighted by atomic mass is 79.9. The van der Waals surface area contributed by atoms with Crippen LogP contribution < -0.4 is 15.2 Å². The molecule has 4 nitrogen and oxygen atoms in total. The molecule has 0 amide bonds. The average Bonchev–Trinajstić information content (AvgIpc) is 3.23. The number of likely N-dealkylation sites (N-methyl/N-ethyl adjacent to an activating group) is 1. The third-order valence-electron chi connectivity index (χ3n) is 4.00. The van der Waals surface area contributed by atoms with E-state index in [1.54, 1.807) is 0 Å². The van der Waals surface area contributed by atoms with Crippen LogP contribution >= 0.6 is 15.9 Å². The third kappa shape index (κ3) is 2.95. The first-order valence-corrected chi connectivity index (χ1v) is 7.97. The van der Waals surface area contributed by atoms with Gasteiger partial charge in [-0.3, -0.25) is 4.90 Å². The van der Waals surface area contributed by atoms with Gasteiger partial charge in [-0.25, -0.2) is 0 Å². The standard InChI is InChI=1S/C15H21BrN2O2/c1-18(9-10-2-3-10)13(8-17)11-6-12(16)15-14(7-11)19-4-5-20-15/h6-7,10,13H,2-5,8-9,17H2,1H3. The lowest BCUT2D eigenvalue weighted by molar-refractivity contribution is 0.169. The van der Waals surface area contributed by atoms with Crippen LogP contribution in [0, 0.1) is 5.92 Å². The Balaban J connectivity index is 1.84. The van der Waals surface area contributed by atoms with Gasteiger partial charge >= 0.3 is 0 Å². The molecule has 1 unspecified atom stereocenters. The lowest BCUT2D eigenvalue weighted by atomic mass is 10.0. The summed E-state index contributed by atoms with van der Waals surface area (Å²) in [6.45, 7) is 2.93. The predicted molar refractivity (Wildman–Crippen MR) is 82.3 cm³/mol. The molecule has 0 spiro atoms. The van der Waals surface area contributed by atoms with Crippen molar-refractivity contribution >= 4 is 15.9 Å². The summed E-state index contributed by atoms with van der Waals surface area (Å²) in [4.78, 5) is 2.36. The van der Waals surface area contributed by atoms with Crippen LogP contribution in [0.5, 0.6) is 11.5 Å². The zero-order valence-corrected chi connectivity index (χ0v) is 13.4. The number of ether oxygens (including phenoxy) is 2. The third-order valence-corrected chi connectivity index (χ3v) is 4.59. The Morgan fingerprint density at radius 2 is 2.10 bits per heavy atom. The summed E-state index contributed by atoms with van der Waals surface area (Å²) in [7, 11) is 2.15. The van der Waals surface area contributed by atoms with Gasteiger partial charge in [0.2, 0.25) is 0 Å². The van der Waals surface area contributed by atoms with Crippen LogP contribution in [0.2, 0.25) is 0 Å². The number of rotatable bonds is 5. The minimum Gasteiger partial charge on any atom is -0.486 e. The normalized spacial score (nSPS) is 19.2. The van der Waals surface area contributed by atoms with Crippen molar-refractivity contribution < 1.29 is 9.47 Å². The quantitative estimate of drug-likeness (QED) is 0.894. The van der Waals surface area contributed by atoms with Gasteiger partial charge in [-0.15, -0.1) is 0 Å². The highest BCUT2D eigenvalue weighted by Crippen LogP contribution is 2.41. The first-order valence-electron chi connectivity index (χ1n) is 7.18. The van der Waals surface area contributed by atoms with Crippen molar-refractivity contribution in [1.82, 2.24) is 4.90 Å². The van der Waals surface area contributed by atoms with Crippen molar-refractivity contribution in [2.45, 2.75) is 18.9 Å². The van der Waals surface area contributed by atoms with E-state index in [-0.39, 0.29) is 6.04 Å². The fraction of sp³-hybridized carbons (Fsp3) is 0.600. The second-order valence-corrected chi connectivity index (χ2v) is 6.52. The molecular formula is C15H21BrN2O2. The van der Waals surface area contributed by atoms with Crippen LogP contribution in [0.3, 0.4) is 0 Å². The summed E-state index contributed by atoms with van der Waals surface area (Å²) in [6.07, 6.45) is 2.71. The van der Waals surface area contributed by atoms with Crippen molar-refractivity contribution in [3.63, 3.8) is 0 Å². The van der Waals surface area contributed by atoms with Crippen molar-refractivity contribution in [2.24, 2.45) is 11.7 Å². The van der Waals surface area contributed by atoms with E-state index in [1.807, 2.05) is 0 Å². The van der Waals surface area contributed by atoms with Gasteiger partial charge in [-0.1, -0.05) is 0 Å². The molecular weight excluding hydrogens is 320 g/mol. The molecule has 1 saturated carbocycles. The van der Waals surface area contributed by atoms with Crippen molar-refractivity contribution in [2.75, 3.05) is 33.4 Å². The molecule has 1 fully saturated rings. The van der Waals surface area contributed by atoms with Gasteiger partial charge in [-0.2, -0.15) is 0 Å². The largest absolute Gasteiger partial charge is 0.486 e. The maximum absolute atomic E-state index is 6.00. The Labute approximate surface area is 128 Å².